The molecule has 32 heavy (non-hydrogen) atoms. The number of aryl methyl sites for hydroxylation is 2. The molecule has 0 radical (unpaired) electrons. The Labute approximate surface area is 188 Å². The van der Waals surface area contributed by atoms with Crippen LogP contribution in [0, 0.1) is 0 Å². The van der Waals surface area contributed by atoms with E-state index in [9.17, 15) is 4.79 Å². The van der Waals surface area contributed by atoms with Gasteiger partial charge in [-0.3, -0.25) is 4.79 Å². The second-order valence-corrected chi connectivity index (χ2v) is 8.20. The van der Waals surface area contributed by atoms with Gasteiger partial charge in [-0.25, -0.2) is 4.98 Å². The fraction of sp³-hybridized carbons (Fsp3) is 0.360. The van der Waals surface area contributed by atoms with Crippen molar-refractivity contribution in [1.82, 2.24) is 14.9 Å². The van der Waals surface area contributed by atoms with E-state index in [1.807, 2.05) is 12.1 Å². The molecule has 1 amide bonds. The molecular weight excluding hydrogens is 404 g/mol. The maximum atomic E-state index is 12.8. The number of hydrogen-bond donors (Lipinski definition) is 1. The first kappa shape index (κ1) is 20.6. The highest BCUT2D eigenvalue weighted by atomic mass is 16.5. The SMILES string of the molecule is COc1cccc(C(=O)NCc2cc(-c3cn4c(n3)CCC4)ccc2N2CCOCC2)c1. The molecule has 0 unspecified atom stereocenters. The van der Waals surface area contributed by atoms with Gasteiger partial charge in [-0.15, -0.1) is 0 Å². The molecule has 2 aliphatic heterocycles. The van der Waals surface area contributed by atoms with E-state index in [1.54, 1.807) is 19.2 Å². The molecule has 0 bridgehead atoms. The molecule has 7 nitrogen and oxygen atoms in total. The molecule has 166 valence electrons. The highest BCUT2D eigenvalue weighted by Gasteiger charge is 2.19. The smallest absolute Gasteiger partial charge is 0.251 e. The molecular formula is C25H28N4O3. The maximum Gasteiger partial charge on any atom is 0.251 e. The lowest BCUT2D eigenvalue weighted by Crippen LogP contribution is -2.37. The van der Waals surface area contributed by atoms with Gasteiger partial charge >= 0.3 is 0 Å². The Balaban J connectivity index is 1.41. The van der Waals surface area contributed by atoms with Crippen LogP contribution in [0.15, 0.2) is 48.7 Å². The van der Waals surface area contributed by atoms with Crippen LogP contribution in [0.25, 0.3) is 11.3 Å². The van der Waals surface area contributed by atoms with Crippen molar-refractivity contribution >= 4 is 11.6 Å². The van der Waals surface area contributed by atoms with Gasteiger partial charge in [0, 0.05) is 55.6 Å². The third kappa shape index (κ3) is 4.21. The predicted octanol–water partition coefficient (Wildman–Crippen LogP) is 3.27. The van der Waals surface area contributed by atoms with E-state index in [2.05, 4.69) is 39.2 Å². The Kier molecular flexibility index (Phi) is 5.81. The van der Waals surface area contributed by atoms with Crippen molar-refractivity contribution in [3.63, 3.8) is 0 Å². The van der Waals surface area contributed by atoms with Crippen LogP contribution >= 0.6 is 0 Å². The second kappa shape index (κ2) is 9.04. The number of imidazole rings is 1. The van der Waals surface area contributed by atoms with E-state index in [1.165, 1.54) is 6.42 Å². The molecule has 2 aliphatic rings. The van der Waals surface area contributed by atoms with E-state index in [0.29, 0.717) is 31.1 Å². The highest BCUT2D eigenvalue weighted by molar-refractivity contribution is 5.94. The third-order valence-corrected chi connectivity index (χ3v) is 6.16. The average molecular weight is 433 g/mol. The predicted molar refractivity (Wildman–Crippen MR) is 123 cm³/mol. The number of morpholine rings is 1. The lowest BCUT2D eigenvalue weighted by molar-refractivity contribution is 0.0950. The van der Waals surface area contributed by atoms with Crippen LogP contribution in [0.5, 0.6) is 5.75 Å². The van der Waals surface area contributed by atoms with Crippen LogP contribution in [0.2, 0.25) is 0 Å². The van der Waals surface area contributed by atoms with E-state index in [-0.39, 0.29) is 5.91 Å². The largest absolute Gasteiger partial charge is 0.497 e. The number of carbonyl (C=O) groups is 1. The van der Waals surface area contributed by atoms with Crippen LogP contribution in [0.3, 0.4) is 0 Å². The molecule has 0 saturated carbocycles. The van der Waals surface area contributed by atoms with Crippen LogP contribution in [0.4, 0.5) is 5.69 Å². The molecule has 0 spiro atoms. The summed E-state index contributed by atoms with van der Waals surface area (Å²) in [7, 11) is 1.60. The fourth-order valence-electron chi connectivity index (χ4n) is 4.44. The van der Waals surface area contributed by atoms with Gasteiger partial charge in [-0.05, 0) is 42.3 Å². The van der Waals surface area contributed by atoms with Gasteiger partial charge in [0.2, 0.25) is 0 Å². The number of fused-ring (bicyclic) bond motifs is 1. The normalized spacial score (nSPS) is 15.5. The van der Waals surface area contributed by atoms with E-state index in [4.69, 9.17) is 14.5 Å². The first-order valence-corrected chi connectivity index (χ1v) is 11.2. The maximum absolute atomic E-state index is 12.8. The lowest BCUT2D eigenvalue weighted by atomic mass is 10.0. The molecule has 3 heterocycles. The average Bonchev–Trinajstić information content (AvgIpc) is 3.46. The summed E-state index contributed by atoms with van der Waals surface area (Å²) in [5, 5.41) is 3.09. The van der Waals surface area contributed by atoms with Gasteiger partial charge in [0.15, 0.2) is 0 Å². The van der Waals surface area contributed by atoms with Gasteiger partial charge in [-0.1, -0.05) is 12.1 Å². The van der Waals surface area contributed by atoms with Crippen LogP contribution < -0.4 is 15.0 Å². The van der Waals surface area contributed by atoms with Crippen LogP contribution in [0.1, 0.15) is 28.2 Å². The summed E-state index contributed by atoms with van der Waals surface area (Å²) in [5.74, 6) is 1.70. The molecule has 2 aromatic carbocycles. The van der Waals surface area contributed by atoms with Crippen molar-refractivity contribution < 1.29 is 14.3 Å². The first-order valence-electron chi connectivity index (χ1n) is 11.2. The quantitative estimate of drug-likeness (QED) is 0.648. The Morgan fingerprint density at radius 1 is 1.16 bits per heavy atom. The molecule has 1 aromatic heterocycles. The molecule has 3 aromatic rings. The Bertz CT molecular complexity index is 1100. The van der Waals surface area contributed by atoms with Gasteiger partial charge < -0.3 is 24.3 Å². The number of amides is 1. The second-order valence-electron chi connectivity index (χ2n) is 8.20. The van der Waals surface area contributed by atoms with Crippen LogP contribution in [-0.2, 0) is 24.2 Å². The minimum absolute atomic E-state index is 0.122. The summed E-state index contributed by atoms with van der Waals surface area (Å²) in [5.41, 5.74) is 4.87. The van der Waals surface area contributed by atoms with Crippen LogP contribution in [-0.4, -0.2) is 48.9 Å². The van der Waals surface area contributed by atoms with E-state index in [0.717, 1.165) is 54.4 Å². The first-order chi connectivity index (χ1) is 15.7. The molecule has 0 atom stereocenters. The summed E-state index contributed by atoms with van der Waals surface area (Å²) >= 11 is 0. The molecule has 1 N–H and O–H groups in total. The molecule has 0 aliphatic carbocycles. The number of carbonyl (C=O) groups excluding carboxylic acids is 1. The topological polar surface area (TPSA) is 68.6 Å². The number of hydrogen-bond acceptors (Lipinski definition) is 5. The van der Waals surface area contributed by atoms with E-state index >= 15 is 0 Å². The summed E-state index contributed by atoms with van der Waals surface area (Å²) in [6.07, 6.45) is 4.35. The number of rotatable bonds is 6. The number of anilines is 1. The molecule has 1 fully saturated rings. The molecule has 1 saturated heterocycles. The number of nitrogens with one attached hydrogen (secondary N) is 1. The number of ether oxygens (including phenoxy) is 2. The zero-order valence-corrected chi connectivity index (χ0v) is 18.3. The highest BCUT2D eigenvalue weighted by Crippen LogP contribution is 2.29. The number of aromatic nitrogens is 2. The lowest BCUT2D eigenvalue weighted by Gasteiger charge is -2.31. The zero-order chi connectivity index (χ0) is 21.9. The minimum atomic E-state index is -0.122. The Hall–Kier alpha value is -3.32. The monoisotopic (exact) mass is 432 g/mol. The molecule has 5 rings (SSSR count). The summed E-state index contributed by atoms with van der Waals surface area (Å²) < 4.78 is 13.0. The summed E-state index contributed by atoms with van der Waals surface area (Å²) in [4.78, 5) is 20.0. The van der Waals surface area contributed by atoms with Gasteiger partial charge in [-0.2, -0.15) is 0 Å². The van der Waals surface area contributed by atoms with Crippen molar-refractivity contribution in [3.8, 4) is 17.0 Å². The summed E-state index contributed by atoms with van der Waals surface area (Å²) in [6, 6.07) is 13.7. The van der Waals surface area contributed by atoms with Gasteiger partial charge in [0.25, 0.3) is 5.91 Å². The van der Waals surface area contributed by atoms with E-state index < -0.39 is 0 Å². The number of methoxy groups -OCH3 is 1. The Morgan fingerprint density at radius 2 is 2.03 bits per heavy atom. The number of nitrogens with zero attached hydrogens (tertiary/aromatic N) is 3. The van der Waals surface area contributed by atoms with Crippen molar-refractivity contribution in [2.24, 2.45) is 0 Å². The Morgan fingerprint density at radius 3 is 2.84 bits per heavy atom. The minimum Gasteiger partial charge on any atom is -0.497 e. The van der Waals surface area contributed by atoms with Crippen molar-refractivity contribution in [1.29, 1.82) is 0 Å². The fourth-order valence-corrected chi connectivity index (χ4v) is 4.44. The molecule has 7 heteroatoms. The van der Waals surface area contributed by atoms with Gasteiger partial charge in [0.05, 0.1) is 26.0 Å². The standard InChI is InChI=1S/C25H28N4O3/c1-31-21-5-2-4-19(15-21)25(30)26-16-20-14-18(22-17-29-9-3-6-24(29)27-22)7-8-23(20)28-10-12-32-13-11-28/h2,4-5,7-8,14-15,17H,3,6,9-13,16H2,1H3,(H,26,30). The summed E-state index contributed by atoms with van der Waals surface area (Å²) in [6.45, 7) is 4.59. The van der Waals surface area contributed by atoms with Crippen molar-refractivity contribution in [3.05, 3.63) is 65.6 Å². The van der Waals surface area contributed by atoms with Crippen molar-refractivity contribution in [2.45, 2.75) is 25.9 Å². The zero-order valence-electron chi connectivity index (χ0n) is 18.3. The third-order valence-electron chi connectivity index (χ3n) is 6.16. The van der Waals surface area contributed by atoms with Crippen molar-refractivity contribution in [2.75, 3.05) is 38.3 Å². The number of benzene rings is 2. The van der Waals surface area contributed by atoms with Gasteiger partial charge in [0.1, 0.15) is 11.6 Å².